The molecule has 13 heavy (non-hydrogen) atoms. The molecule has 4 heteroatoms. The number of nitrogens with zero attached hydrogens (tertiary/aromatic N) is 1. The van der Waals surface area contributed by atoms with E-state index >= 15 is 0 Å². The molecule has 0 aliphatic carbocycles. The lowest BCUT2D eigenvalue weighted by molar-refractivity contribution is -0.138. The van der Waals surface area contributed by atoms with Crippen LogP contribution in [0.2, 0.25) is 0 Å². The van der Waals surface area contributed by atoms with Crippen LogP contribution in [0.4, 0.5) is 0 Å². The maximum Gasteiger partial charge on any atom is 0.237 e. The van der Waals surface area contributed by atoms with Gasteiger partial charge in [0.2, 0.25) is 5.91 Å². The third kappa shape index (κ3) is 2.21. The second-order valence-corrected chi connectivity index (χ2v) is 3.87. The van der Waals surface area contributed by atoms with Crippen LogP contribution >= 0.6 is 11.6 Å². The number of rotatable bonds is 1. The van der Waals surface area contributed by atoms with Crippen molar-refractivity contribution in [2.75, 3.05) is 12.4 Å². The summed E-state index contributed by atoms with van der Waals surface area (Å²) in [6.45, 7) is 4.25. The molecule has 2 unspecified atom stereocenters. The first kappa shape index (κ1) is 10.5. The highest BCUT2D eigenvalue weighted by Gasteiger charge is 2.31. The van der Waals surface area contributed by atoms with Crippen LogP contribution in [0.15, 0.2) is 0 Å². The predicted octanol–water partition coefficient (Wildman–Crippen LogP) is 1.05. The van der Waals surface area contributed by atoms with Gasteiger partial charge in [0.25, 0.3) is 0 Å². The number of ketones is 1. The SMILES string of the molecule is CC1CN(C(=O)CCl)C(C)CC1=O. The highest BCUT2D eigenvalue weighted by Crippen LogP contribution is 2.18. The van der Waals surface area contributed by atoms with Crippen molar-refractivity contribution in [2.24, 2.45) is 5.92 Å². The summed E-state index contributed by atoms with van der Waals surface area (Å²) in [4.78, 5) is 24.3. The van der Waals surface area contributed by atoms with E-state index in [-0.39, 0.29) is 29.5 Å². The molecule has 0 N–H and O–H groups in total. The van der Waals surface area contributed by atoms with Crippen LogP contribution in [0.1, 0.15) is 20.3 Å². The Labute approximate surface area is 83.0 Å². The summed E-state index contributed by atoms with van der Waals surface area (Å²) < 4.78 is 0. The topological polar surface area (TPSA) is 37.4 Å². The average Bonchev–Trinajstić information content (AvgIpc) is 2.10. The second kappa shape index (κ2) is 4.09. The highest BCUT2D eigenvalue weighted by molar-refractivity contribution is 6.27. The normalized spacial score (nSPS) is 29.2. The standard InChI is InChI=1S/C9H14ClNO2/c1-6-5-11(9(13)4-10)7(2)3-8(6)12/h6-7H,3-5H2,1-2H3. The molecule has 74 valence electrons. The molecular formula is C9H14ClNO2. The number of hydrogen-bond donors (Lipinski definition) is 0. The number of carbonyl (C=O) groups excluding carboxylic acids is 2. The van der Waals surface area contributed by atoms with Crippen LogP contribution < -0.4 is 0 Å². The summed E-state index contributed by atoms with van der Waals surface area (Å²) in [5.74, 6) is 0.133. The van der Waals surface area contributed by atoms with E-state index < -0.39 is 0 Å². The summed E-state index contributed by atoms with van der Waals surface area (Å²) in [5.41, 5.74) is 0. The fourth-order valence-corrected chi connectivity index (χ4v) is 1.76. The van der Waals surface area contributed by atoms with Crippen molar-refractivity contribution in [3.05, 3.63) is 0 Å². The fraction of sp³-hybridized carbons (Fsp3) is 0.778. The van der Waals surface area contributed by atoms with Gasteiger partial charge >= 0.3 is 0 Å². The van der Waals surface area contributed by atoms with Gasteiger partial charge in [0, 0.05) is 24.9 Å². The van der Waals surface area contributed by atoms with Crippen LogP contribution in [0.25, 0.3) is 0 Å². The lowest BCUT2D eigenvalue weighted by Crippen LogP contribution is -2.49. The van der Waals surface area contributed by atoms with E-state index in [9.17, 15) is 9.59 Å². The van der Waals surface area contributed by atoms with E-state index in [0.717, 1.165) is 0 Å². The number of piperidine rings is 1. The van der Waals surface area contributed by atoms with Crippen LogP contribution in [0, 0.1) is 5.92 Å². The molecule has 3 nitrogen and oxygen atoms in total. The Kier molecular flexibility index (Phi) is 3.31. The first-order valence-electron chi connectivity index (χ1n) is 4.44. The number of alkyl halides is 1. The number of Topliss-reactive ketones (excluding diaryl/α,β-unsaturated/α-hetero) is 1. The first-order chi connectivity index (χ1) is 6.06. The molecule has 0 aromatic rings. The minimum Gasteiger partial charge on any atom is -0.338 e. The van der Waals surface area contributed by atoms with E-state index in [1.165, 1.54) is 0 Å². The van der Waals surface area contributed by atoms with E-state index in [0.29, 0.717) is 13.0 Å². The zero-order chi connectivity index (χ0) is 10.0. The van der Waals surface area contributed by atoms with Gasteiger partial charge in [-0.1, -0.05) is 6.92 Å². The van der Waals surface area contributed by atoms with Crippen molar-refractivity contribution < 1.29 is 9.59 Å². The number of amides is 1. The van der Waals surface area contributed by atoms with Gasteiger partial charge in [-0.15, -0.1) is 11.6 Å². The molecule has 2 atom stereocenters. The van der Waals surface area contributed by atoms with Crippen molar-refractivity contribution in [3.8, 4) is 0 Å². The minimum atomic E-state index is -0.0754. The third-order valence-electron chi connectivity index (χ3n) is 2.48. The Hall–Kier alpha value is -0.570. The quantitative estimate of drug-likeness (QED) is 0.598. The van der Waals surface area contributed by atoms with Gasteiger partial charge in [-0.05, 0) is 6.92 Å². The van der Waals surface area contributed by atoms with Crippen molar-refractivity contribution in [2.45, 2.75) is 26.3 Å². The number of halogens is 1. The minimum absolute atomic E-state index is 0.00521. The van der Waals surface area contributed by atoms with Crippen LogP contribution in [0.5, 0.6) is 0 Å². The molecule has 1 fully saturated rings. The molecular weight excluding hydrogens is 190 g/mol. The molecule has 0 spiro atoms. The maximum absolute atomic E-state index is 11.3. The van der Waals surface area contributed by atoms with Crippen LogP contribution in [-0.2, 0) is 9.59 Å². The Morgan fingerprint density at radius 2 is 2.23 bits per heavy atom. The molecule has 0 saturated carbocycles. The van der Waals surface area contributed by atoms with E-state index in [4.69, 9.17) is 11.6 Å². The van der Waals surface area contributed by atoms with Gasteiger partial charge in [0.15, 0.2) is 0 Å². The molecule has 0 bridgehead atoms. The molecule has 0 aromatic carbocycles. The van der Waals surface area contributed by atoms with Crippen LogP contribution in [0.3, 0.4) is 0 Å². The van der Waals surface area contributed by atoms with Crippen molar-refractivity contribution in [3.63, 3.8) is 0 Å². The Balaban J connectivity index is 2.66. The largest absolute Gasteiger partial charge is 0.338 e. The second-order valence-electron chi connectivity index (χ2n) is 3.60. The van der Waals surface area contributed by atoms with Gasteiger partial charge in [-0.2, -0.15) is 0 Å². The smallest absolute Gasteiger partial charge is 0.237 e. The van der Waals surface area contributed by atoms with Gasteiger partial charge < -0.3 is 4.90 Å². The Morgan fingerprint density at radius 1 is 1.62 bits per heavy atom. The van der Waals surface area contributed by atoms with Gasteiger partial charge in [-0.3, -0.25) is 9.59 Å². The van der Waals surface area contributed by atoms with Crippen molar-refractivity contribution >= 4 is 23.3 Å². The lowest BCUT2D eigenvalue weighted by atomic mass is 9.93. The summed E-state index contributed by atoms with van der Waals surface area (Å²) in [6, 6.07) is 0.00921. The van der Waals surface area contributed by atoms with Crippen LogP contribution in [-0.4, -0.2) is 35.1 Å². The zero-order valence-electron chi connectivity index (χ0n) is 7.92. The fourth-order valence-electron chi connectivity index (χ4n) is 1.60. The zero-order valence-corrected chi connectivity index (χ0v) is 8.67. The van der Waals surface area contributed by atoms with E-state index in [2.05, 4.69) is 0 Å². The highest BCUT2D eigenvalue weighted by atomic mass is 35.5. The van der Waals surface area contributed by atoms with Crippen molar-refractivity contribution in [1.29, 1.82) is 0 Å². The first-order valence-corrected chi connectivity index (χ1v) is 4.98. The number of likely N-dealkylation sites (tertiary alicyclic amines) is 1. The lowest BCUT2D eigenvalue weighted by Gasteiger charge is -2.35. The van der Waals surface area contributed by atoms with Crippen molar-refractivity contribution in [1.82, 2.24) is 4.90 Å². The average molecular weight is 204 g/mol. The molecule has 1 aliphatic heterocycles. The molecule has 1 saturated heterocycles. The van der Waals surface area contributed by atoms with E-state index in [1.807, 2.05) is 13.8 Å². The monoisotopic (exact) mass is 203 g/mol. The summed E-state index contributed by atoms with van der Waals surface area (Å²) >= 11 is 5.46. The third-order valence-corrected chi connectivity index (χ3v) is 2.71. The predicted molar refractivity (Wildman–Crippen MR) is 50.7 cm³/mol. The van der Waals surface area contributed by atoms with E-state index in [1.54, 1.807) is 4.90 Å². The van der Waals surface area contributed by atoms with Gasteiger partial charge in [-0.25, -0.2) is 0 Å². The molecule has 0 radical (unpaired) electrons. The molecule has 0 aromatic heterocycles. The number of hydrogen-bond acceptors (Lipinski definition) is 2. The summed E-state index contributed by atoms with van der Waals surface area (Å²) in [5, 5.41) is 0. The molecule has 1 amide bonds. The van der Waals surface area contributed by atoms with Gasteiger partial charge in [0.1, 0.15) is 11.7 Å². The Morgan fingerprint density at radius 3 is 2.77 bits per heavy atom. The summed E-state index contributed by atoms with van der Waals surface area (Å²) in [7, 11) is 0. The van der Waals surface area contributed by atoms with Gasteiger partial charge in [0.05, 0.1) is 0 Å². The molecule has 1 rings (SSSR count). The maximum atomic E-state index is 11.3. The molecule has 1 aliphatic rings. The molecule has 1 heterocycles. The Bertz CT molecular complexity index is 230. The number of carbonyl (C=O) groups is 2. The summed E-state index contributed by atoms with van der Waals surface area (Å²) in [6.07, 6.45) is 0.462.